The van der Waals surface area contributed by atoms with Crippen molar-refractivity contribution < 1.29 is 84.7 Å². The van der Waals surface area contributed by atoms with Gasteiger partial charge in [-0.15, -0.1) is 0 Å². The number of benzene rings is 4. The molecule has 0 bridgehead atoms. The molecule has 0 aliphatic heterocycles. The van der Waals surface area contributed by atoms with Crippen molar-refractivity contribution in [2.45, 2.75) is 58.9 Å². The van der Waals surface area contributed by atoms with E-state index in [1.165, 1.54) is 85.9 Å². The highest BCUT2D eigenvalue weighted by molar-refractivity contribution is 14.1. The highest BCUT2D eigenvalue weighted by Crippen LogP contribution is 2.26. The van der Waals surface area contributed by atoms with Crippen LogP contribution < -0.4 is 11.5 Å². The molecule has 8 aromatic rings. The van der Waals surface area contributed by atoms with E-state index < -0.39 is 65.6 Å². The number of carbonyl (C=O) groups excluding carboxylic acids is 9. The number of rotatable bonds is 6. The first kappa shape index (κ1) is 86.5. The molecule has 2 amide bonds. The fraction of sp³-hybridized carbons (Fsp3) is 0.236. The number of H-pyrrole nitrogens is 2. The largest absolute Gasteiger partial charge is 0.465 e. The van der Waals surface area contributed by atoms with E-state index in [9.17, 15) is 51.5 Å². The Balaban J connectivity index is 0. The minimum absolute atomic E-state index is 0. The maximum Gasteiger partial charge on any atom is 0.446 e. The summed E-state index contributed by atoms with van der Waals surface area (Å²) >= 11 is 30.5. The molecule has 0 aliphatic rings. The summed E-state index contributed by atoms with van der Waals surface area (Å²) in [6.45, 7) is 10.6. The van der Waals surface area contributed by atoms with Crippen LogP contribution in [0.25, 0.3) is 43.6 Å². The summed E-state index contributed by atoms with van der Waals surface area (Å²) in [7, 11) is 8.53. The SMILES string of the molecule is COC(=O)c1ccc2[nH]cc(C(N)=O)c2c1.COC(=O)c1ccc2[nH]ccc2c1.COC(=O)c1ccc2c(c1)c(C(N)=O)cn2C(=O)OC(C)(C)C.COC(=O)c1ccc2c(ccn2C(=O)OC(C)(C)C)c1.O=CC(F)(F)F.S.S=CI.S=S.S=S=S.S=S=S=S. The molecule has 0 saturated carbocycles. The molecule has 4 heterocycles. The lowest BCUT2D eigenvalue weighted by molar-refractivity contribution is -0.156. The molecular weight excluding hydrogens is 1520 g/mol. The number of hydrogen-bond acceptors (Lipinski definition) is 22. The third-order valence-electron chi connectivity index (χ3n) is 10.3. The van der Waals surface area contributed by atoms with Crippen molar-refractivity contribution in [3.8, 4) is 0 Å². The van der Waals surface area contributed by atoms with Crippen molar-refractivity contribution in [3.63, 3.8) is 0 Å². The van der Waals surface area contributed by atoms with Crippen LogP contribution in [0.5, 0.6) is 0 Å². The summed E-state index contributed by atoms with van der Waals surface area (Å²) in [6.07, 6.45) is -0.492. The molecule has 6 N–H and O–H groups in total. The van der Waals surface area contributed by atoms with Crippen LogP contribution in [-0.4, -0.2) is 122 Å². The van der Waals surface area contributed by atoms with Gasteiger partial charge in [0.1, 0.15) is 11.2 Å². The van der Waals surface area contributed by atoms with E-state index in [0.29, 0.717) is 44.1 Å². The Morgan fingerprint density at radius 3 is 1.33 bits per heavy atom. The summed E-state index contributed by atoms with van der Waals surface area (Å²) in [6, 6.07) is 23.5. The van der Waals surface area contributed by atoms with Crippen LogP contribution in [0.4, 0.5) is 22.8 Å². The summed E-state index contributed by atoms with van der Waals surface area (Å²) in [5, 5.41) is 2.79. The van der Waals surface area contributed by atoms with E-state index in [2.05, 4.69) is 108 Å². The van der Waals surface area contributed by atoms with Crippen molar-refractivity contribution in [2.24, 2.45) is 11.5 Å². The first-order chi connectivity index (χ1) is 42.2. The maximum atomic E-state index is 12.3. The van der Waals surface area contributed by atoms with Crippen LogP contribution in [-0.2, 0) is 127 Å². The van der Waals surface area contributed by atoms with Crippen molar-refractivity contribution in [1.82, 2.24) is 19.1 Å². The first-order valence-corrected chi connectivity index (χ1v) is 34.0. The van der Waals surface area contributed by atoms with Crippen LogP contribution in [0.15, 0.2) is 110 Å². The molecular formula is C55H58F3IN6O15S11. The Bertz CT molecular complexity index is 3950. The van der Waals surface area contributed by atoms with Gasteiger partial charge in [-0.2, -0.15) is 26.7 Å². The number of ether oxygens (including phenoxy) is 6. The number of methoxy groups -OCH3 is 4. The molecule has 0 radical (unpaired) electrons. The summed E-state index contributed by atoms with van der Waals surface area (Å²) in [5.74, 6) is -2.95. The van der Waals surface area contributed by atoms with Crippen molar-refractivity contribution in [2.75, 3.05) is 28.4 Å². The molecule has 4 aromatic carbocycles. The number of nitrogens with two attached hydrogens (primary N) is 2. The quantitative estimate of drug-likeness (QED) is 0.0300. The van der Waals surface area contributed by atoms with Crippen molar-refractivity contribution in [3.05, 3.63) is 143 Å². The van der Waals surface area contributed by atoms with E-state index in [1.54, 1.807) is 84.9 Å². The Labute approximate surface area is 583 Å². The fourth-order valence-corrected chi connectivity index (χ4v) is 6.86. The van der Waals surface area contributed by atoms with Crippen LogP contribution >= 0.6 is 48.3 Å². The van der Waals surface area contributed by atoms with E-state index in [-0.39, 0.29) is 30.6 Å². The number of amides is 2. The van der Waals surface area contributed by atoms with E-state index in [4.69, 9.17) is 25.7 Å². The fourth-order valence-electron chi connectivity index (χ4n) is 6.86. The summed E-state index contributed by atoms with van der Waals surface area (Å²) in [5.41, 5.74) is 14.3. The van der Waals surface area contributed by atoms with Gasteiger partial charge in [0.05, 0.1) is 72.9 Å². The smallest absolute Gasteiger partial charge is 0.446 e. The predicted octanol–water partition coefficient (Wildman–Crippen LogP) is 10.7. The Kier molecular flexibility index (Phi) is 41.1. The second-order valence-electron chi connectivity index (χ2n) is 18.5. The summed E-state index contributed by atoms with van der Waals surface area (Å²) < 4.78 is 64.6. The van der Waals surface area contributed by atoms with Gasteiger partial charge in [-0.1, -0.05) is 12.2 Å². The molecule has 0 fully saturated rings. The minimum Gasteiger partial charge on any atom is -0.465 e. The lowest BCUT2D eigenvalue weighted by atomic mass is 10.1. The lowest BCUT2D eigenvalue weighted by Crippen LogP contribution is -2.26. The molecule has 4 aromatic heterocycles. The predicted molar refractivity (Wildman–Crippen MR) is 383 cm³/mol. The van der Waals surface area contributed by atoms with Gasteiger partial charge in [0.2, 0.25) is 6.29 Å². The van der Waals surface area contributed by atoms with Crippen molar-refractivity contribution >= 4 is 243 Å². The minimum atomic E-state index is -4.64. The summed E-state index contributed by atoms with van der Waals surface area (Å²) in [4.78, 5) is 107. The highest BCUT2D eigenvalue weighted by atomic mass is 127. The van der Waals surface area contributed by atoms with E-state index in [1.807, 2.05) is 61.7 Å². The Hall–Kier alpha value is -6.59. The normalized spacial score (nSPS) is 9.91. The van der Waals surface area contributed by atoms with Gasteiger partial charge in [-0.25, -0.2) is 28.8 Å². The topological polar surface area (TPSA) is 302 Å². The average molecular weight is 1580 g/mol. The number of halogens is 4. The van der Waals surface area contributed by atoms with Crippen LogP contribution in [0, 0.1) is 0 Å². The molecule has 492 valence electrons. The Morgan fingerprint density at radius 1 is 0.560 bits per heavy atom. The third-order valence-corrected chi connectivity index (χ3v) is 12.5. The molecule has 8 rings (SSSR count). The van der Waals surface area contributed by atoms with Crippen LogP contribution in [0.2, 0.25) is 0 Å². The number of aromatic nitrogens is 4. The molecule has 0 unspecified atom stereocenters. The maximum absolute atomic E-state index is 12.3. The monoisotopic (exact) mass is 1580 g/mol. The highest BCUT2D eigenvalue weighted by Gasteiger charge is 2.26. The molecule has 0 aliphatic carbocycles. The number of hydrogen-bond donors (Lipinski definition) is 4. The van der Waals surface area contributed by atoms with Gasteiger partial charge >= 0.3 is 42.2 Å². The van der Waals surface area contributed by atoms with Gasteiger partial charge in [-0.3, -0.25) is 23.5 Å². The number of nitrogens with one attached hydrogen (secondary N) is 2. The van der Waals surface area contributed by atoms with Gasteiger partial charge < -0.3 is 49.9 Å². The second-order valence-corrected chi connectivity index (χ2v) is 25.5. The molecule has 36 heteroatoms. The zero-order valence-electron chi connectivity index (χ0n) is 49.3. The van der Waals surface area contributed by atoms with Crippen LogP contribution in [0.1, 0.15) is 104 Å². The number of esters is 4. The van der Waals surface area contributed by atoms with E-state index in [0.717, 1.165) is 30.7 Å². The number of thiocarbonyl (C=S) groups is 1. The third kappa shape index (κ3) is 30.1. The van der Waals surface area contributed by atoms with Gasteiger partial charge in [0.15, 0.2) is 0 Å². The molecule has 0 atom stereocenters. The standard InChI is InChI=1S/C16H18N2O5.C15H17NO4.C11H10N2O3.C10H9NO2.C2HF3O.CHIS.S4.S3.S2.H2S/c1-16(2,3)23-15(21)18-8-11(13(17)19)10-7-9(14(20)22-4)5-6-12(10)18;1-15(2,3)20-14(18)16-8-7-10-9-11(13(17)19-4)5-6-12(10)16;1-16-11(15)6-2-3-9-7(4-6)8(5-13-9)10(12)14;1-13-10(12)8-2-3-9-7(6-8)4-5-11-9;3-2(4,5)1-6;2-1-3;1-3-4-2;1-3-2;1-2;/h5-8H,1-4H3,(H2,17,19);5-9H,1-4H3;2-5,13H,1H3,(H2,12,14);2-6,11H,1H3;1H;1H;;;;1H2. The Morgan fingerprint density at radius 2 is 0.934 bits per heavy atom. The number of nitrogens with zero attached hydrogens (tertiary/aromatic N) is 2. The molecule has 0 spiro atoms. The second kappa shape index (κ2) is 43.3. The van der Waals surface area contributed by atoms with Crippen LogP contribution in [0.3, 0.4) is 0 Å². The lowest BCUT2D eigenvalue weighted by Gasteiger charge is -2.19. The van der Waals surface area contributed by atoms with Crippen molar-refractivity contribution in [1.29, 1.82) is 0 Å². The number of carbonyl (C=O) groups is 9. The number of aromatic amines is 2. The molecule has 0 saturated heterocycles. The van der Waals surface area contributed by atoms with E-state index >= 15 is 0 Å². The number of aldehydes is 1. The first-order valence-electron chi connectivity index (χ1n) is 24.3. The zero-order valence-corrected chi connectivity index (χ0v) is 60.6. The molecule has 91 heavy (non-hydrogen) atoms. The molecule has 21 nitrogen and oxygen atoms in total. The number of alkyl halides is 3. The van der Waals surface area contributed by atoms with Gasteiger partial charge in [0, 0.05) is 155 Å². The van der Waals surface area contributed by atoms with Gasteiger partial charge in [0.25, 0.3) is 11.8 Å². The zero-order chi connectivity index (χ0) is 69.3. The number of primary amides is 2. The number of fused-ring (bicyclic) bond motifs is 4. The van der Waals surface area contributed by atoms with Gasteiger partial charge in [-0.05, 0) is 149 Å². The average Bonchev–Trinajstić information content (AvgIpc) is 1.67.